The van der Waals surface area contributed by atoms with Crippen LogP contribution in [0, 0.1) is 0 Å². The van der Waals surface area contributed by atoms with Crippen LogP contribution in [0.15, 0.2) is 27.1 Å². The summed E-state index contributed by atoms with van der Waals surface area (Å²) in [5.41, 5.74) is 0.557. The Bertz CT molecular complexity index is 538. The smallest absolute Gasteiger partial charge is 0.305 e. The maximum atomic E-state index is 12.6. The van der Waals surface area contributed by atoms with Crippen LogP contribution in [0.4, 0.5) is 0 Å². The fraction of sp³-hybridized carbons (Fsp3) is 0.385. The second kappa shape index (κ2) is 6.95. The molecule has 0 radical (unpaired) electrons. The Labute approximate surface area is 138 Å². The topological polar surface area (TPSA) is 57.6 Å². The first-order valence-corrected chi connectivity index (χ1v) is 8.78. The molecule has 1 unspecified atom stereocenters. The average molecular weight is 423 g/mol. The molecule has 1 fully saturated rings. The minimum absolute atomic E-state index is 0.00956. The lowest BCUT2D eigenvalue weighted by atomic mass is 10.1. The van der Waals surface area contributed by atoms with E-state index in [2.05, 4.69) is 31.9 Å². The molecule has 1 aromatic carbocycles. The van der Waals surface area contributed by atoms with Gasteiger partial charge in [-0.15, -0.1) is 0 Å². The van der Waals surface area contributed by atoms with E-state index in [0.717, 1.165) is 14.7 Å². The predicted molar refractivity (Wildman–Crippen MR) is 86.2 cm³/mol. The first kappa shape index (κ1) is 15.9. The summed E-state index contributed by atoms with van der Waals surface area (Å²) in [4.78, 5) is 25.2. The second-order valence-electron chi connectivity index (χ2n) is 4.45. The van der Waals surface area contributed by atoms with Gasteiger partial charge in [0.2, 0.25) is 0 Å². The highest BCUT2D eigenvalue weighted by molar-refractivity contribution is 9.11. The Morgan fingerprint density at radius 2 is 2.15 bits per heavy atom. The minimum Gasteiger partial charge on any atom is -0.481 e. The number of amides is 1. The Kier molecular flexibility index (Phi) is 5.51. The predicted octanol–water partition coefficient (Wildman–Crippen LogP) is 3.24. The molecule has 1 heterocycles. The van der Waals surface area contributed by atoms with Crippen molar-refractivity contribution in [3.05, 3.63) is 32.7 Å². The van der Waals surface area contributed by atoms with Crippen molar-refractivity contribution in [1.82, 2.24) is 4.90 Å². The van der Waals surface area contributed by atoms with Crippen LogP contribution in [-0.4, -0.2) is 46.0 Å². The van der Waals surface area contributed by atoms with Crippen LogP contribution < -0.4 is 0 Å². The monoisotopic (exact) mass is 421 g/mol. The van der Waals surface area contributed by atoms with E-state index in [9.17, 15) is 9.59 Å². The molecule has 1 aliphatic rings. The number of carboxylic acids is 1. The molecule has 4 nitrogen and oxygen atoms in total. The van der Waals surface area contributed by atoms with Gasteiger partial charge in [0.1, 0.15) is 0 Å². The third kappa shape index (κ3) is 3.77. The first-order chi connectivity index (χ1) is 9.49. The molecule has 20 heavy (non-hydrogen) atoms. The number of benzene rings is 1. The zero-order valence-corrected chi connectivity index (χ0v) is 14.5. The standard InChI is InChI=1S/C13H13Br2NO3S/c14-8-1-2-11(15)10(5-8)13(19)16-3-4-20-7-9(16)6-12(17)18/h1-2,5,9H,3-4,6-7H2,(H,17,18). The number of halogens is 2. The van der Waals surface area contributed by atoms with Gasteiger partial charge in [-0.3, -0.25) is 9.59 Å². The summed E-state index contributed by atoms with van der Waals surface area (Å²) >= 11 is 8.42. The first-order valence-electron chi connectivity index (χ1n) is 6.04. The molecule has 1 aromatic rings. The van der Waals surface area contributed by atoms with Crippen molar-refractivity contribution in [3.8, 4) is 0 Å². The average Bonchev–Trinajstić information content (AvgIpc) is 2.41. The van der Waals surface area contributed by atoms with Gasteiger partial charge in [0.25, 0.3) is 5.91 Å². The molecule has 1 N–H and O–H groups in total. The molecule has 1 aliphatic heterocycles. The van der Waals surface area contributed by atoms with E-state index in [4.69, 9.17) is 5.11 Å². The summed E-state index contributed by atoms with van der Waals surface area (Å²) in [7, 11) is 0. The molecule has 0 aromatic heterocycles. The molecule has 7 heteroatoms. The number of aliphatic carboxylic acids is 1. The molecule has 0 aliphatic carbocycles. The zero-order valence-electron chi connectivity index (χ0n) is 10.5. The van der Waals surface area contributed by atoms with Crippen molar-refractivity contribution >= 4 is 55.5 Å². The lowest BCUT2D eigenvalue weighted by Gasteiger charge is -2.35. The van der Waals surface area contributed by atoms with Crippen LogP contribution in [0.25, 0.3) is 0 Å². The Hall–Kier alpha value is -0.530. The fourth-order valence-electron chi connectivity index (χ4n) is 2.11. The number of rotatable bonds is 3. The van der Waals surface area contributed by atoms with E-state index < -0.39 is 5.97 Å². The number of hydrogen-bond acceptors (Lipinski definition) is 3. The summed E-state index contributed by atoms with van der Waals surface area (Å²) in [5.74, 6) is 0.519. The Morgan fingerprint density at radius 3 is 2.85 bits per heavy atom. The van der Waals surface area contributed by atoms with Crippen LogP contribution >= 0.6 is 43.6 Å². The van der Waals surface area contributed by atoms with Gasteiger partial charge in [-0.2, -0.15) is 11.8 Å². The molecule has 1 amide bonds. The highest BCUT2D eigenvalue weighted by Gasteiger charge is 2.30. The number of carbonyl (C=O) groups is 2. The number of nitrogens with zero attached hydrogens (tertiary/aromatic N) is 1. The molecule has 1 saturated heterocycles. The van der Waals surface area contributed by atoms with Gasteiger partial charge in [-0.1, -0.05) is 15.9 Å². The summed E-state index contributed by atoms with van der Waals surface area (Å²) in [6, 6.07) is 5.17. The van der Waals surface area contributed by atoms with Gasteiger partial charge in [-0.25, -0.2) is 0 Å². The summed E-state index contributed by atoms with van der Waals surface area (Å²) in [5, 5.41) is 8.97. The Morgan fingerprint density at radius 1 is 1.40 bits per heavy atom. The van der Waals surface area contributed by atoms with Crippen molar-refractivity contribution in [2.75, 3.05) is 18.1 Å². The third-order valence-electron chi connectivity index (χ3n) is 3.06. The van der Waals surface area contributed by atoms with Gasteiger partial charge >= 0.3 is 5.97 Å². The van der Waals surface area contributed by atoms with E-state index >= 15 is 0 Å². The van der Waals surface area contributed by atoms with E-state index in [1.165, 1.54) is 0 Å². The van der Waals surface area contributed by atoms with Gasteiger partial charge < -0.3 is 10.0 Å². The van der Waals surface area contributed by atoms with Gasteiger partial charge in [0.05, 0.1) is 18.0 Å². The third-order valence-corrected chi connectivity index (χ3v) is 5.33. The number of thioether (sulfide) groups is 1. The normalized spacial score (nSPS) is 18.9. The molecular formula is C13H13Br2NO3S. The van der Waals surface area contributed by atoms with Gasteiger partial charge in [0, 0.05) is 27.0 Å². The van der Waals surface area contributed by atoms with E-state index in [1.54, 1.807) is 22.7 Å². The largest absolute Gasteiger partial charge is 0.481 e. The highest BCUT2D eigenvalue weighted by Crippen LogP contribution is 2.26. The van der Waals surface area contributed by atoms with E-state index in [1.807, 2.05) is 12.1 Å². The maximum absolute atomic E-state index is 12.6. The number of carboxylic acid groups (broad SMARTS) is 1. The summed E-state index contributed by atoms with van der Waals surface area (Å²) in [6.45, 7) is 0.584. The Balaban J connectivity index is 2.25. The second-order valence-corrected chi connectivity index (χ2v) is 7.37. The summed E-state index contributed by atoms with van der Waals surface area (Å²) < 4.78 is 1.54. The van der Waals surface area contributed by atoms with Crippen molar-refractivity contribution in [2.45, 2.75) is 12.5 Å². The molecule has 1 atom stereocenters. The van der Waals surface area contributed by atoms with E-state index in [-0.39, 0.29) is 18.4 Å². The lowest BCUT2D eigenvalue weighted by molar-refractivity contribution is -0.138. The lowest BCUT2D eigenvalue weighted by Crippen LogP contribution is -2.47. The van der Waals surface area contributed by atoms with Crippen molar-refractivity contribution in [3.63, 3.8) is 0 Å². The highest BCUT2D eigenvalue weighted by atomic mass is 79.9. The van der Waals surface area contributed by atoms with Crippen LogP contribution in [0.3, 0.4) is 0 Å². The van der Waals surface area contributed by atoms with Crippen LogP contribution in [-0.2, 0) is 4.79 Å². The number of hydrogen-bond donors (Lipinski definition) is 1. The molecule has 0 saturated carbocycles. The maximum Gasteiger partial charge on any atom is 0.305 e. The van der Waals surface area contributed by atoms with Crippen LogP contribution in [0.5, 0.6) is 0 Å². The van der Waals surface area contributed by atoms with Crippen molar-refractivity contribution in [1.29, 1.82) is 0 Å². The molecule has 108 valence electrons. The molecule has 2 rings (SSSR count). The van der Waals surface area contributed by atoms with E-state index in [0.29, 0.717) is 17.9 Å². The van der Waals surface area contributed by atoms with Gasteiger partial charge in [0.15, 0.2) is 0 Å². The van der Waals surface area contributed by atoms with Crippen LogP contribution in [0.2, 0.25) is 0 Å². The van der Waals surface area contributed by atoms with Crippen LogP contribution in [0.1, 0.15) is 16.8 Å². The fourth-order valence-corrected chi connectivity index (χ4v) is 3.95. The number of carbonyl (C=O) groups excluding carboxylic acids is 1. The molecule has 0 spiro atoms. The zero-order chi connectivity index (χ0) is 14.7. The minimum atomic E-state index is -0.872. The molecular weight excluding hydrogens is 410 g/mol. The van der Waals surface area contributed by atoms with Crippen molar-refractivity contribution in [2.24, 2.45) is 0 Å². The SMILES string of the molecule is O=C(O)CC1CSCCN1C(=O)c1cc(Br)ccc1Br. The van der Waals surface area contributed by atoms with Crippen molar-refractivity contribution < 1.29 is 14.7 Å². The quantitative estimate of drug-likeness (QED) is 0.812. The summed E-state index contributed by atoms with van der Waals surface area (Å²) in [6.07, 6.45) is -0.00956. The van der Waals surface area contributed by atoms with Gasteiger partial charge in [-0.05, 0) is 34.1 Å². The molecule has 0 bridgehead atoms.